The molecule has 0 spiro atoms. The molecule has 3 aromatic rings. The summed E-state index contributed by atoms with van der Waals surface area (Å²) in [6, 6.07) is 17.9. The van der Waals surface area contributed by atoms with E-state index in [2.05, 4.69) is 0 Å². The number of thiazole rings is 1. The Morgan fingerprint density at radius 1 is 1.04 bits per heavy atom. The van der Waals surface area contributed by atoms with E-state index >= 15 is 0 Å². The first-order chi connectivity index (χ1) is 12.5. The molecule has 0 fully saturated rings. The molecule has 0 saturated carbocycles. The van der Waals surface area contributed by atoms with Gasteiger partial charge < -0.3 is 9.47 Å². The van der Waals surface area contributed by atoms with Crippen LogP contribution in [0, 0.1) is 13.8 Å². The lowest BCUT2D eigenvalue weighted by Crippen LogP contribution is -2.32. The molecular weight excluding hydrogens is 344 g/mol. The molecule has 0 aliphatic carbocycles. The summed E-state index contributed by atoms with van der Waals surface area (Å²) in [5, 5.41) is 1.83. The van der Waals surface area contributed by atoms with Crippen molar-refractivity contribution in [1.82, 2.24) is 4.57 Å². The minimum atomic E-state index is -0.0137. The van der Waals surface area contributed by atoms with Crippen molar-refractivity contribution in [3.05, 3.63) is 86.5 Å². The Kier molecular flexibility index (Phi) is 5.68. The fraction of sp³-hybridized carbons (Fsp3) is 0.238. The average Bonchev–Trinajstić information content (AvgIpc) is 2.97. The summed E-state index contributed by atoms with van der Waals surface area (Å²) >= 11 is 1.17. The fourth-order valence-corrected chi connectivity index (χ4v) is 3.59. The van der Waals surface area contributed by atoms with Crippen molar-refractivity contribution in [2.45, 2.75) is 33.4 Å². The Balaban J connectivity index is 1.81. The van der Waals surface area contributed by atoms with Gasteiger partial charge in [0, 0.05) is 29.7 Å². The Labute approximate surface area is 157 Å². The van der Waals surface area contributed by atoms with Crippen molar-refractivity contribution in [2.75, 3.05) is 4.90 Å². The van der Waals surface area contributed by atoms with Crippen LogP contribution < -0.4 is 9.77 Å². The predicted molar refractivity (Wildman–Crippen MR) is 107 cm³/mol. The van der Waals surface area contributed by atoms with Gasteiger partial charge in [-0.2, -0.15) is 0 Å². The summed E-state index contributed by atoms with van der Waals surface area (Å²) in [6.45, 7) is 4.84. The molecule has 0 bridgehead atoms. The number of rotatable bonds is 6. The lowest BCUT2D eigenvalue weighted by atomic mass is 10.1. The van der Waals surface area contributed by atoms with Gasteiger partial charge in [-0.1, -0.05) is 59.4 Å². The molecule has 0 aliphatic heterocycles. The molecule has 2 aromatic carbocycles. The van der Waals surface area contributed by atoms with Crippen molar-refractivity contribution in [1.29, 1.82) is 0 Å². The predicted octanol–water partition coefficient (Wildman–Crippen LogP) is 4.15. The topological polar surface area (TPSA) is 42.3 Å². The van der Waals surface area contributed by atoms with Crippen molar-refractivity contribution in [3.8, 4) is 0 Å². The number of benzene rings is 2. The largest absolute Gasteiger partial charge is 0.308 e. The van der Waals surface area contributed by atoms with E-state index in [0.29, 0.717) is 13.1 Å². The van der Waals surface area contributed by atoms with E-state index in [-0.39, 0.29) is 17.2 Å². The minimum absolute atomic E-state index is 0.00945. The molecule has 1 amide bonds. The van der Waals surface area contributed by atoms with Gasteiger partial charge in [-0.15, -0.1) is 0 Å². The molecule has 0 radical (unpaired) electrons. The van der Waals surface area contributed by atoms with E-state index in [1.165, 1.54) is 11.3 Å². The zero-order valence-corrected chi connectivity index (χ0v) is 15.8. The molecule has 0 saturated heterocycles. The maximum Gasteiger partial charge on any atom is 0.307 e. The van der Waals surface area contributed by atoms with Crippen LogP contribution in [0.15, 0.2) is 64.8 Å². The highest BCUT2D eigenvalue weighted by Gasteiger charge is 2.17. The Morgan fingerprint density at radius 2 is 1.73 bits per heavy atom. The summed E-state index contributed by atoms with van der Waals surface area (Å²) in [6.07, 6.45) is 0.290. The second-order valence-electron chi connectivity index (χ2n) is 6.35. The van der Waals surface area contributed by atoms with E-state index in [0.717, 1.165) is 22.5 Å². The first kappa shape index (κ1) is 18.1. The van der Waals surface area contributed by atoms with Crippen LogP contribution in [0.4, 0.5) is 5.69 Å². The number of aromatic nitrogens is 1. The number of anilines is 1. The zero-order chi connectivity index (χ0) is 18.5. The first-order valence-corrected chi connectivity index (χ1v) is 9.48. The van der Waals surface area contributed by atoms with Crippen LogP contribution in [0.3, 0.4) is 0 Å². The Morgan fingerprint density at radius 3 is 2.35 bits per heavy atom. The molecule has 5 heteroatoms. The third-order valence-corrected chi connectivity index (χ3v) is 5.24. The number of carbonyl (C=O) groups excluding carboxylic acids is 1. The molecule has 1 aromatic heterocycles. The quantitative estimate of drug-likeness (QED) is 0.658. The van der Waals surface area contributed by atoms with Crippen LogP contribution in [0.25, 0.3) is 0 Å². The standard InChI is InChI=1S/C21H22N2O2S/c1-16-8-10-19(11-9-16)23(14-18-6-4-3-5-7-18)20(24)12-13-22-17(2)15-26-21(22)25/h3-11,15H,12-14H2,1-2H3. The van der Waals surface area contributed by atoms with Crippen LogP contribution in [-0.2, 0) is 17.9 Å². The smallest absolute Gasteiger partial charge is 0.307 e. The SMILES string of the molecule is Cc1ccc(N(Cc2ccccc2)C(=O)CCn2c(C)csc2=O)cc1. The summed E-state index contributed by atoms with van der Waals surface area (Å²) in [7, 11) is 0. The van der Waals surface area contributed by atoms with Gasteiger partial charge in [0.05, 0.1) is 6.54 Å². The van der Waals surface area contributed by atoms with E-state index in [9.17, 15) is 9.59 Å². The van der Waals surface area contributed by atoms with E-state index in [1.807, 2.05) is 73.8 Å². The van der Waals surface area contributed by atoms with Crippen LogP contribution in [0.2, 0.25) is 0 Å². The molecule has 0 aliphatic rings. The minimum Gasteiger partial charge on any atom is -0.308 e. The monoisotopic (exact) mass is 366 g/mol. The van der Waals surface area contributed by atoms with Crippen LogP contribution in [-0.4, -0.2) is 10.5 Å². The Bertz CT molecular complexity index is 927. The van der Waals surface area contributed by atoms with Gasteiger partial charge >= 0.3 is 4.87 Å². The third kappa shape index (κ3) is 4.29. The van der Waals surface area contributed by atoms with Crippen molar-refractivity contribution >= 4 is 22.9 Å². The highest BCUT2D eigenvalue weighted by atomic mass is 32.1. The van der Waals surface area contributed by atoms with Gasteiger partial charge in [-0.25, -0.2) is 0 Å². The van der Waals surface area contributed by atoms with E-state index < -0.39 is 0 Å². The lowest BCUT2D eigenvalue weighted by Gasteiger charge is -2.23. The molecule has 3 rings (SSSR count). The highest BCUT2D eigenvalue weighted by Crippen LogP contribution is 2.19. The number of hydrogen-bond donors (Lipinski definition) is 0. The Hall–Kier alpha value is -2.66. The normalized spacial score (nSPS) is 10.7. The van der Waals surface area contributed by atoms with Crippen molar-refractivity contribution < 1.29 is 4.79 Å². The molecule has 0 unspecified atom stereocenters. The number of aryl methyl sites for hydroxylation is 2. The average molecular weight is 366 g/mol. The summed E-state index contributed by atoms with van der Waals surface area (Å²) in [5.74, 6) is 0.00945. The maximum atomic E-state index is 13.0. The molecule has 0 atom stereocenters. The van der Waals surface area contributed by atoms with Crippen molar-refractivity contribution in [2.24, 2.45) is 0 Å². The van der Waals surface area contributed by atoms with Crippen molar-refractivity contribution in [3.63, 3.8) is 0 Å². The van der Waals surface area contributed by atoms with Gasteiger partial charge in [-0.05, 0) is 31.5 Å². The second-order valence-corrected chi connectivity index (χ2v) is 7.17. The van der Waals surface area contributed by atoms with Gasteiger partial charge in [0.1, 0.15) is 0 Å². The van der Waals surface area contributed by atoms with Gasteiger partial charge in [-0.3, -0.25) is 9.59 Å². The zero-order valence-electron chi connectivity index (χ0n) is 15.0. The second kappa shape index (κ2) is 8.15. The highest BCUT2D eigenvalue weighted by molar-refractivity contribution is 7.07. The van der Waals surface area contributed by atoms with Gasteiger partial charge in [0.15, 0.2) is 0 Å². The molecular formula is C21H22N2O2S. The lowest BCUT2D eigenvalue weighted by molar-refractivity contribution is -0.119. The molecule has 4 nitrogen and oxygen atoms in total. The number of nitrogens with zero attached hydrogens (tertiary/aromatic N) is 2. The van der Waals surface area contributed by atoms with Gasteiger partial charge in [0.2, 0.25) is 5.91 Å². The number of hydrogen-bond acceptors (Lipinski definition) is 3. The molecule has 26 heavy (non-hydrogen) atoms. The first-order valence-electron chi connectivity index (χ1n) is 8.60. The third-order valence-electron chi connectivity index (χ3n) is 4.36. The summed E-state index contributed by atoms with van der Waals surface area (Å²) in [4.78, 5) is 26.6. The van der Waals surface area contributed by atoms with E-state index in [1.54, 1.807) is 9.47 Å². The van der Waals surface area contributed by atoms with Gasteiger partial charge in [0.25, 0.3) is 0 Å². The summed E-state index contributed by atoms with van der Waals surface area (Å²) in [5.41, 5.74) is 4.00. The summed E-state index contributed by atoms with van der Waals surface area (Å²) < 4.78 is 1.67. The van der Waals surface area contributed by atoms with Crippen LogP contribution in [0.5, 0.6) is 0 Å². The number of amides is 1. The van der Waals surface area contributed by atoms with E-state index in [4.69, 9.17) is 0 Å². The fourth-order valence-electron chi connectivity index (χ4n) is 2.83. The molecule has 134 valence electrons. The van der Waals surface area contributed by atoms with Crippen LogP contribution in [0.1, 0.15) is 23.2 Å². The molecule has 1 heterocycles. The maximum absolute atomic E-state index is 13.0. The van der Waals surface area contributed by atoms with Crippen LogP contribution >= 0.6 is 11.3 Å². The number of carbonyl (C=O) groups is 1. The molecule has 0 N–H and O–H groups in total.